The first-order chi connectivity index (χ1) is 8.80. The molecular weight excluding hydrogens is 284 g/mol. The van der Waals surface area contributed by atoms with Crippen LogP contribution in [0.15, 0.2) is 29.2 Å². The van der Waals surface area contributed by atoms with Crippen molar-refractivity contribution in [3.8, 4) is 0 Å². The fraction of sp³-hybridized carbons (Fsp3) is 0.500. The Bertz CT molecular complexity index is 498. The molecule has 1 rings (SSSR count). The van der Waals surface area contributed by atoms with Gasteiger partial charge in [0, 0.05) is 18.0 Å². The predicted octanol–water partition coefficient (Wildman–Crippen LogP) is 1.12. The average molecular weight is 304 g/mol. The van der Waals surface area contributed by atoms with Crippen molar-refractivity contribution < 1.29 is 13.5 Å². The first-order valence-electron chi connectivity index (χ1n) is 5.79. The van der Waals surface area contributed by atoms with Crippen LogP contribution in [0, 0.1) is 0 Å². The van der Waals surface area contributed by atoms with Gasteiger partial charge in [-0.25, -0.2) is 13.1 Å². The van der Waals surface area contributed by atoms with E-state index in [1.165, 1.54) is 19.2 Å². The molecule has 3 N–H and O–H groups in total. The summed E-state index contributed by atoms with van der Waals surface area (Å²) in [6, 6.07) is 6.41. The van der Waals surface area contributed by atoms with Gasteiger partial charge in [0.05, 0.1) is 10.5 Å². The normalized spacial score (nSPS) is 14.9. The fourth-order valence-electron chi connectivity index (χ4n) is 1.52. The lowest BCUT2D eigenvalue weighted by Gasteiger charge is -2.23. The van der Waals surface area contributed by atoms with Crippen molar-refractivity contribution >= 4 is 27.5 Å². The Balaban J connectivity index is 2.68. The minimum absolute atomic E-state index is 0.219. The molecule has 0 fully saturated rings. The molecule has 1 aromatic rings. The molecule has 0 aliphatic heterocycles. The third-order valence-corrected chi connectivity index (χ3v) is 4.90. The van der Waals surface area contributed by atoms with Gasteiger partial charge in [0.2, 0.25) is 10.0 Å². The maximum Gasteiger partial charge on any atom is 0.240 e. The van der Waals surface area contributed by atoms with Crippen molar-refractivity contribution in [1.82, 2.24) is 4.72 Å². The number of anilines is 1. The molecule has 108 valence electrons. The van der Waals surface area contributed by atoms with Crippen molar-refractivity contribution in [3.63, 3.8) is 0 Å². The Morgan fingerprint density at radius 2 is 1.89 bits per heavy atom. The second-order valence-corrected chi connectivity index (χ2v) is 7.27. The van der Waals surface area contributed by atoms with E-state index >= 15 is 0 Å². The second kappa shape index (κ2) is 6.60. The monoisotopic (exact) mass is 304 g/mol. The molecule has 0 radical (unpaired) electrons. The molecule has 0 saturated carbocycles. The molecule has 1 atom stereocenters. The zero-order valence-corrected chi connectivity index (χ0v) is 12.9. The summed E-state index contributed by atoms with van der Waals surface area (Å²) in [7, 11) is -2.02. The van der Waals surface area contributed by atoms with Crippen LogP contribution >= 0.6 is 11.8 Å². The van der Waals surface area contributed by atoms with Crippen molar-refractivity contribution in [2.45, 2.75) is 17.4 Å². The highest BCUT2D eigenvalue weighted by Crippen LogP contribution is 2.16. The smallest absolute Gasteiger partial charge is 0.240 e. The quantitative estimate of drug-likeness (QED) is 0.703. The molecule has 0 aromatic heterocycles. The van der Waals surface area contributed by atoms with Gasteiger partial charge in [0.15, 0.2) is 0 Å². The number of sulfonamides is 1. The third kappa shape index (κ3) is 5.02. The summed E-state index contributed by atoms with van der Waals surface area (Å²) in [4.78, 5) is 0.219. The van der Waals surface area contributed by atoms with Crippen LogP contribution in [0.5, 0.6) is 0 Å². The van der Waals surface area contributed by atoms with Gasteiger partial charge in [0.25, 0.3) is 0 Å². The van der Waals surface area contributed by atoms with E-state index in [0.717, 1.165) is 5.69 Å². The molecule has 5 nitrogen and oxygen atoms in total. The van der Waals surface area contributed by atoms with Gasteiger partial charge in [-0.05, 0) is 44.5 Å². The Kier molecular flexibility index (Phi) is 5.66. The van der Waals surface area contributed by atoms with Crippen molar-refractivity contribution in [2.24, 2.45) is 0 Å². The zero-order chi connectivity index (χ0) is 14.5. The molecule has 7 heteroatoms. The lowest BCUT2D eigenvalue weighted by molar-refractivity contribution is 0.0997. The zero-order valence-electron chi connectivity index (χ0n) is 11.3. The van der Waals surface area contributed by atoms with Crippen LogP contribution in [0.2, 0.25) is 0 Å². The lowest BCUT2D eigenvalue weighted by atomic mass is 10.1. The molecular formula is C12H20N2O3S2. The van der Waals surface area contributed by atoms with Crippen LogP contribution in [0.4, 0.5) is 5.69 Å². The third-order valence-electron chi connectivity index (χ3n) is 2.56. The maximum absolute atomic E-state index is 11.5. The number of rotatable bonds is 7. The largest absolute Gasteiger partial charge is 0.387 e. The van der Waals surface area contributed by atoms with E-state index in [4.69, 9.17) is 0 Å². The molecule has 1 unspecified atom stereocenters. The molecule has 19 heavy (non-hydrogen) atoms. The summed E-state index contributed by atoms with van der Waals surface area (Å²) in [6.45, 7) is 2.17. The maximum atomic E-state index is 11.5. The summed E-state index contributed by atoms with van der Waals surface area (Å²) in [5, 5.41) is 13.1. The number of benzene rings is 1. The van der Waals surface area contributed by atoms with Crippen LogP contribution in [0.1, 0.15) is 6.92 Å². The van der Waals surface area contributed by atoms with Crippen molar-refractivity contribution in [3.05, 3.63) is 24.3 Å². The van der Waals surface area contributed by atoms with E-state index in [9.17, 15) is 13.5 Å². The van der Waals surface area contributed by atoms with Gasteiger partial charge in [-0.1, -0.05) is 0 Å². The van der Waals surface area contributed by atoms with Gasteiger partial charge in [-0.15, -0.1) is 0 Å². The Morgan fingerprint density at radius 3 is 2.37 bits per heavy atom. The first kappa shape index (κ1) is 16.3. The number of hydrogen-bond donors (Lipinski definition) is 3. The Morgan fingerprint density at radius 1 is 1.32 bits per heavy atom. The minimum atomic E-state index is -3.40. The van der Waals surface area contributed by atoms with E-state index < -0.39 is 15.6 Å². The minimum Gasteiger partial charge on any atom is -0.387 e. The summed E-state index contributed by atoms with van der Waals surface area (Å²) < 4.78 is 25.3. The van der Waals surface area contributed by atoms with E-state index in [0.29, 0.717) is 12.3 Å². The Labute approximate surface area is 118 Å². The van der Waals surface area contributed by atoms with Crippen LogP contribution in [0.3, 0.4) is 0 Å². The highest BCUT2D eigenvalue weighted by Gasteiger charge is 2.19. The first-order valence-corrected chi connectivity index (χ1v) is 8.67. The Hall–Kier alpha value is -0.760. The molecule has 0 bridgehead atoms. The van der Waals surface area contributed by atoms with Gasteiger partial charge in [0.1, 0.15) is 0 Å². The summed E-state index contributed by atoms with van der Waals surface area (Å²) in [6.07, 6.45) is 1.94. The van der Waals surface area contributed by atoms with E-state index in [2.05, 4.69) is 10.0 Å². The van der Waals surface area contributed by atoms with Gasteiger partial charge >= 0.3 is 0 Å². The van der Waals surface area contributed by atoms with E-state index in [-0.39, 0.29) is 4.90 Å². The fourth-order valence-corrected chi connectivity index (χ4v) is 2.98. The molecule has 0 saturated heterocycles. The van der Waals surface area contributed by atoms with Crippen LogP contribution < -0.4 is 10.0 Å². The second-order valence-electron chi connectivity index (χ2n) is 4.52. The summed E-state index contributed by atoms with van der Waals surface area (Å²) >= 11 is 1.57. The SMILES string of the molecule is CNS(=O)(=O)c1ccc(NCC(C)(O)CSC)cc1. The molecule has 0 heterocycles. The number of nitrogens with one attached hydrogen (secondary N) is 2. The van der Waals surface area contributed by atoms with Crippen LogP contribution in [-0.4, -0.2) is 44.7 Å². The van der Waals surface area contributed by atoms with Crippen molar-refractivity contribution in [2.75, 3.05) is 30.9 Å². The number of hydrogen-bond acceptors (Lipinski definition) is 5. The number of aliphatic hydroxyl groups is 1. The molecule has 1 aromatic carbocycles. The summed E-state index contributed by atoms with van der Waals surface area (Å²) in [5.41, 5.74) is -0.0220. The van der Waals surface area contributed by atoms with Gasteiger partial charge in [-0.2, -0.15) is 11.8 Å². The van der Waals surface area contributed by atoms with E-state index in [1.54, 1.807) is 30.8 Å². The predicted molar refractivity (Wildman–Crippen MR) is 80.2 cm³/mol. The molecule has 0 amide bonds. The highest BCUT2D eigenvalue weighted by atomic mass is 32.2. The van der Waals surface area contributed by atoms with Crippen LogP contribution in [0.25, 0.3) is 0 Å². The van der Waals surface area contributed by atoms with Crippen LogP contribution in [-0.2, 0) is 10.0 Å². The van der Waals surface area contributed by atoms with Gasteiger partial charge in [-0.3, -0.25) is 0 Å². The standard InChI is InChI=1S/C12H20N2O3S2/c1-12(15,9-18-3)8-14-10-4-6-11(7-5-10)19(16,17)13-2/h4-7,13-15H,8-9H2,1-3H3. The summed E-state index contributed by atoms with van der Waals surface area (Å²) in [5.74, 6) is 0.631. The molecule has 0 aliphatic rings. The lowest BCUT2D eigenvalue weighted by Crippen LogP contribution is -2.36. The highest BCUT2D eigenvalue weighted by molar-refractivity contribution is 7.98. The molecule has 0 spiro atoms. The van der Waals surface area contributed by atoms with Crippen molar-refractivity contribution in [1.29, 1.82) is 0 Å². The number of thioether (sulfide) groups is 1. The topological polar surface area (TPSA) is 78.4 Å². The van der Waals surface area contributed by atoms with Gasteiger partial charge < -0.3 is 10.4 Å². The molecule has 0 aliphatic carbocycles. The average Bonchev–Trinajstić information content (AvgIpc) is 2.37. The van der Waals surface area contributed by atoms with E-state index in [1.807, 2.05) is 6.26 Å².